The van der Waals surface area contributed by atoms with Gasteiger partial charge in [-0.2, -0.15) is 13.2 Å². The van der Waals surface area contributed by atoms with Crippen LogP contribution in [0.15, 0.2) is 24.7 Å². The molecule has 3 aromatic heterocycles. The molecule has 0 spiro atoms. The van der Waals surface area contributed by atoms with E-state index in [1.807, 2.05) is 16.4 Å². The maximum Gasteiger partial charge on any atom is 0.433 e. The number of anilines is 1. The van der Waals surface area contributed by atoms with Crippen LogP contribution in [0.5, 0.6) is 0 Å². The summed E-state index contributed by atoms with van der Waals surface area (Å²) in [5.74, 6) is 1.34. The van der Waals surface area contributed by atoms with Gasteiger partial charge < -0.3 is 14.8 Å². The lowest BCUT2D eigenvalue weighted by Crippen LogP contribution is -2.33. The molecule has 1 saturated carbocycles. The fraction of sp³-hybridized carbons (Fsp3) is 0.522. The Morgan fingerprint density at radius 2 is 2.00 bits per heavy atom. The summed E-state index contributed by atoms with van der Waals surface area (Å²) in [4.78, 5) is 31.6. The van der Waals surface area contributed by atoms with Gasteiger partial charge in [-0.15, -0.1) is 0 Å². The molecule has 1 N–H and O–H groups in total. The number of carbonyl (C=O) groups is 1. The van der Waals surface area contributed by atoms with E-state index in [9.17, 15) is 18.0 Å². The summed E-state index contributed by atoms with van der Waals surface area (Å²) < 4.78 is 40.6. The van der Waals surface area contributed by atoms with Gasteiger partial charge in [-0.25, -0.2) is 15.0 Å². The minimum atomic E-state index is -4.50. The van der Waals surface area contributed by atoms with Gasteiger partial charge in [-0.3, -0.25) is 9.78 Å². The number of pyridine rings is 1. The number of aromatic nitrogens is 5. The van der Waals surface area contributed by atoms with Gasteiger partial charge in [0, 0.05) is 43.4 Å². The second-order valence-electron chi connectivity index (χ2n) is 9.66. The number of fused-ring (bicyclic) bond motifs is 1. The third kappa shape index (κ3) is 3.97. The lowest BCUT2D eigenvalue weighted by atomic mass is 10.1. The van der Waals surface area contributed by atoms with Crippen molar-refractivity contribution in [1.82, 2.24) is 29.4 Å². The summed E-state index contributed by atoms with van der Waals surface area (Å²) in [5, 5.41) is 3.41. The van der Waals surface area contributed by atoms with E-state index in [1.165, 1.54) is 18.6 Å². The molecule has 5 rings (SSSR count). The van der Waals surface area contributed by atoms with Crippen LogP contribution in [0.4, 0.5) is 19.0 Å². The topological polar surface area (TPSA) is 88.8 Å². The molecule has 3 aromatic rings. The first-order valence-corrected chi connectivity index (χ1v) is 11.4. The van der Waals surface area contributed by atoms with Crippen LogP contribution >= 0.6 is 0 Å². The maximum absolute atomic E-state index is 12.9. The number of imidazole rings is 1. The third-order valence-electron chi connectivity index (χ3n) is 6.81. The number of aryl methyl sites for hydroxylation is 1. The highest BCUT2D eigenvalue weighted by molar-refractivity contribution is 5.87. The van der Waals surface area contributed by atoms with Crippen LogP contribution < -0.4 is 5.32 Å². The number of rotatable bonds is 5. The smallest absolute Gasteiger partial charge is 0.364 e. The van der Waals surface area contributed by atoms with Crippen molar-refractivity contribution in [3.8, 4) is 11.4 Å². The third-order valence-corrected chi connectivity index (χ3v) is 6.81. The summed E-state index contributed by atoms with van der Waals surface area (Å²) in [6, 6.07) is 2.35. The van der Waals surface area contributed by atoms with E-state index in [2.05, 4.69) is 39.1 Å². The predicted octanol–water partition coefficient (Wildman–Crippen LogP) is 3.99. The maximum atomic E-state index is 12.9. The molecule has 34 heavy (non-hydrogen) atoms. The number of halogens is 3. The van der Waals surface area contributed by atoms with Crippen LogP contribution in [0.25, 0.3) is 22.6 Å². The fourth-order valence-electron chi connectivity index (χ4n) is 4.64. The molecule has 1 saturated heterocycles. The van der Waals surface area contributed by atoms with Crippen molar-refractivity contribution < 1.29 is 18.0 Å². The minimum Gasteiger partial charge on any atom is -0.364 e. The summed E-state index contributed by atoms with van der Waals surface area (Å²) in [5.41, 5.74) is 0.724. The molecule has 11 heteroatoms. The van der Waals surface area contributed by atoms with Gasteiger partial charge in [0.15, 0.2) is 17.0 Å². The molecule has 2 unspecified atom stereocenters. The number of carbonyl (C=O) groups excluding carboxylic acids is 1. The van der Waals surface area contributed by atoms with Crippen molar-refractivity contribution in [2.24, 2.45) is 11.3 Å². The number of hydrogen-bond donors (Lipinski definition) is 1. The zero-order chi connectivity index (χ0) is 24.3. The van der Waals surface area contributed by atoms with Crippen molar-refractivity contribution in [3.63, 3.8) is 0 Å². The number of alkyl halides is 3. The SMILES string of the molecule is CCn1c(-c2ccc(C(F)(F)F)nc2)nc2c(NC3CCN(C(=O)C4CC4(C)C)C3)ncnc21. The summed E-state index contributed by atoms with van der Waals surface area (Å²) in [6.45, 7) is 7.97. The zero-order valence-corrected chi connectivity index (χ0v) is 19.2. The molecule has 2 aliphatic rings. The predicted molar refractivity (Wildman–Crippen MR) is 120 cm³/mol. The summed E-state index contributed by atoms with van der Waals surface area (Å²) in [6.07, 6.45) is -0.149. The molecule has 1 amide bonds. The molecule has 0 aromatic carbocycles. The van der Waals surface area contributed by atoms with Gasteiger partial charge in [0.25, 0.3) is 0 Å². The number of nitrogens with one attached hydrogen (secondary N) is 1. The van der Waals surface area contributed by atoms with E-state index >= 15 is 0 Å². The number of nitrogens with zero attached hydrogens (tertiary/aromatic N) is 6. The largest absolute Gasteiger partial charge is 0.433 e. The zero-order valence-electron chi connectivity index (χ0n) is 19.2. The van der Waals surface area contributed by atoms with Crippen LogP contribution in [-0.4, -0.2) is 54.4 Å². The van der Waals surface area contributed by atoms with Gasteiger partial charge in [-0.1, -0.05) is 13.8 Å². The Bertz CT molecular complexity index is 1240. The van der Waals surface area contributed by atoms with Crippen LogP contribution in [0.3, 0.4) is 0 Å². The Kier molecular flexibility index (Phi) is 5.25. The second kappa shape index (κ2) is 7.92. The molecule has 180 valence electrons. The van der Waals surface area contributed by atoms with Crippen LogP contribution in [0.2, 0.25) is 0 Å². The summed E-state index contributed by atoms with van der Waals surface area (Å²) >= 11 is 0. The van der Waals surface area contributed by atoms with E-state index in [-0.39, 0.29) is 23.3 Å². The molecule has 4 heterocycles. The first-order valence-electron chi connectivity index (χ1n) is 11.4. The van der Waals surface area contributed by atoms with Gasteiger partial charge in [-0.05, 0) is 37.3 Å². The van der Waals surface area contributed by atoms with Crippen LogP contribution in [-0.2, 0) is 17.5 Å². The van der Waals surface area contributed by atoms with Gasteiger partial charge in [0.05, 0.1) is 0 Å². The standard InChI is InChI=1S/C23H26F3N7O/c1-4-33-19(13-5-6-16(27-10-13)23(24,25)26)31-17-18(28-12-29-20(17)33)30-14-7-8-32(11-14)21(34)15-9-22(15,2)3/h5-6,10,12,14-15H,4,7-9,11H2,1-3H3,(H,28,29,30). The average molecular weight is 474 g/mol. The highest BCUT2D eigenvalue weighted by atomic mass is 19.4. The first kappa shape index (κ1) is 22.5. The van der Waals surface area contributed by atoms with Crippen LogP contribution in [0.1, 0.15) is 39.3 Å². The molecule has 2 fully saturated rings. The van der Waals surface area contributed by atoms with Crippen molar-refractivity contribution in [2.75, 3.05) is 18.4 Å². The fourth-order valence-corrected chi connectivity index (χ4v) is 4.64. The normalized spacial score (nSPS) is 21.8. The molecule has 2 atom stereocenters. The monoisotopic (exact) mass is 473 g/mol. The number of hydrogen-bond acceptors (Lipinski definition) is 6. The quantitative estimate of drug-likeness (QED) is 0.603. The van der Waals surface area contributed by atoms with Crippen molar-refractivity contribution in [3.05, 3.63) is 30.4 Å². The lowest BCUT2D eigenvalue weighted by Gasteiger charge is -2.18. The van der Waals surface area contributed by atoms with E-state index in [4.69, 9.17) is 0 Å². The Labute approximate surface area is 194 Å². The Hall–Kier alpha value is -3.24. The molecule has 1 aliphatic heterocycles. The first-order chi connectivity index (χ1) is 16.1. The minimum absolute atomic E-state index is 0.0341. The number of likely N-dealkylation sites (tertiary alicyclic amines) is 1. The molecule has 1 aliphatic carbocycles. The molecular formula is C23H26F3N7O. The van der Waals surface area contributed by atoms with Crippen molar-refractivity contribution in [2.45, 2.75) is 52.4 Å². The van der Waals surface area contributed by atoms with E-state index in [1.54, 1.807) is 0 Å². The van der Waals surface area contributed by atoms with E-state index in [0.717, 1.165) is 18.9 Å². The van der Waals surface area contributed by atoms with Crippen molar-refractivity contribution in [1.29, 1.82) is 0 Å². The second-order valence-corrected chi connectivity index (χ2v) is 9.66. The van der Waals surface area contributed by atoms with Gasteiger partial charge in [0.1, 0.15) is 17.8 Å². The Morgan fingerprint density at radius 3 is 2.62 bits per heavy atom. The van der Waals surface area contributed by atoms with E-state index < -0.39 is 11.9 Å². The molecule has 8 nitrogen and oxygen atoms in total. The van der Waals surface area contributed by atoms with Crippen LogP contribution in [0, 0.1) is 11.3 Å². The lowest BCUT2D eigenvalue weighted by molar-refractivity contribution is -0.141. The molecule has 0 bridgehead atoms. The van der Waals surface area contributed by atoms with E-state index in [0.29, 0.717) is 48.0 Å². The molecule has 0 radical (unpaired) electrons. The Morgan fingerprint density at radius 1 is 1.24 bits per heavy atom. The van der Waals surface area contributed by atoms with Gasteiger partial charge in [0.2, 0.25) is 5.91 Å². The Balaban J connectivity index is 1.39. The van der Waals surface area contributed by atoms with Gasteiger partial charge >= 0.3 is 6.18 Å². The molecular weight excluding hydrogens is 447 g/mol. The van der Waals surface area contributed by atoms with Crippen molar-refractivity contribution >= 4 is 22.9 Å². The highest BCUT2D eigenvalue weighted by Gasteiger charge is 2.52. The number of amides is 1. The summed E-state index contributed by atoms with van der Waals surface area (Å²) in [7, 11) is 0. The average Bonchev–Trinajstić information content (AvgIpc) is 3.14. The highest BCUT2D eigenvalue weighted by Crippen LogP contribution is 2.52.